The van der Waals surface area contributed by atoms with Crippen molar-refractivity contribution < 1.29 is 8.78 Å². The summed E-state index contributed by atoms with van der Waals surface area (Å²) in [6, 6.07) is 6.79. The van der Waals surface area contributed by atoms with Crippen LogP contribution in [0.1, 0.15) is 44.7 Å². The molecule has 0 bridgehead atoms. The fourth-order valence-electron chi connectivity index (χ4n) is 7.93. The van der Waals surface area contributed by atoms with Gasteiger partial charge < -0.3 is 29.2 Å². The Labute approximate surface area is 300 Å². The largest absolute Gasteiger partial charge is 0.367 e. The smallest absolute Gasteiger partial charge is 0.235 e. The summed E-state index contributed by atoms with van der Waals surface area (Å²) in [6.07, 6.45) is 7.51. The standard InChI is InChI=1S/C37H38F2N10O2S/c1-2-44-11-13-46(14-12-44)32-18-30-24(16-28(32)39)34(51)26(20-48(30)22-5-6-22)36-43-49-35(41-42-37(49)52-36)25-19-47(21-3-4-21)29-17-31(45-9-7-40-8-10-45)27(38)15-23(29)33(25)50/h15-22,40H,2-14H2,1H3. The molecule has 4 aromatic heterocycles. The number of halogens is 2. The zero-order valence-electron chi connectivity index (χ0n) is 28.8. The van der Waals surface area contributed by atoms with Crippen LogP contribution < -0.4 is 26.0 Å². The number of nitrogens with one attached hydrogen (secondary N) is 1. The predicted octanol–water partition coefficient (Wildman–Crippen LogP) is 4.65. The molecule has 2 saturated heterocycles. The molecule has 2 aliphatic heterocycles. The minimum atomic E-state index is -0.431. The first-order valence-corrected chi connectivity index (χ1v) is 19.1. The zero-order chi connectivity index (χ0) is 35.2. The second kappa shape index (κ2) is 12.2. The van der Waals surface area contributed by atoms with E-state index in [9.17, 15) is 9.59 Å². The second-order valence-corrected chi connectivity index (χ2v) is 15.4. The highest BCUT2D eigenvalue weighted by Gasteiger charge is 2.31. The van der Waals surface area contributed by atoms with Crippen LogP contribution >= 0.6 is 11.3 Å². The average Bonchev–Trinajstić information content (AvgIpc) is 4.10. The first kappa shape index (κ1) is 32.0. The van der Waals surface area contributed by atoms with Crippen LogP contribution in [0, 0.1) is 11.6 Å². The van der Waals surface area contributed by atoms with Gasteiger partial charge in [0.05, 0.1) is 33.5 Å². The molecule has 10 rings (SSSR count). The maximum atomic E-state index is 15.8. The molecule has 52 heavy (non-hydrogen) atoms. The van der Waals surface area contributed by atoms with Crippen LogP contribution in [0.25, 0.3) is 48.7 Å². The number of fused-ring (bicyclic) bond motifs is 3. The topological polar surface area (TPSA) is 109 Å². The summed E-state index contributed by atoms with van der Waals surface area (Å²) in [6.45, 7) is 9.21. The lowest BCUT2D eigenvalue weighted by molar-refractivity contribution is 0.270. The number of rotatable bonds is 7. The summed E-state index contributed by atoms with van der Waals surface area (Å²) in [7, 11) is 0. The van der Waals surface area contributed by atoms with E-state index in [-0.39, 0.29) is 39.7 Å². The molecule has 0 unspecified atom stereocenters. The molecule has 15 heteroatoms. The third-order valence-corrected chi connectivity index (χ3v) is 12.1. The Morgan fingerprint density at radius 1 is 0.750 bits per heavy atom. The Bertz CT molecular complexity index is 2520. The van der Waals surface area contributed by atoms with Gasteiger partial charge in [-0.3, -0.25) is 9.59 Å². The fourth-order valence-corrected chi connectivity index (χ4v) is 8.77. The van der Waals surface area contributed by atoms with Crippen LogP contribution in [0.15, 0.2) is 46.2 Å². The maximum Gasteiger partial charge on any atom is 0.235 e. The summed E-state index contributed by atoms with van der Waals surface area (Å²) in [5.41, 5.74) is 2.40. The van der Waals surface area contributed by atoms with E-state index >= 15 is 8.78 Å². The van der Waals surface area contributed by atoms with E-state index in [2.05, 4.69) is 41.4 Å². The van der Waals surface area contributed by atoms with E-state index in [1.54, 1.807) is 6.20 Å². The Hall–Kier alpha value is -4.73. The molecule has 0 amide bonds. The van der Waals surface area contributed by atoms with E-state index in [0.29, 0.717) is 50.9 Å². The van der Waals surface area contributed by atoms with E-state index < -0.39 is 11.6 Å². The number of benzene rings is 2. The maximum absolute atomic E-state index is 15.8. The van der Waals surface area contributed by atoms with Crippen molar-refractivity contribution in [3.05, 3.63) is 68.7 Å². The lowest BCUT2D eigenvalue weighted by Crippen LogP contribution is -2.46. The number of nitrogens with zero attached hydrogens (tertiary/aromatic N) is 9. The molecule has 6 aromatic rings. The fraction of sp³-hybridized carbons (Fsp3) is 0.432. The highest BCUT2D eigenvalue weighted by atomic mass is 32.1. The highest BCUT2D eigenvalue weighted by Crippen LogP contribution is 2.41. The van der Waals surface area contributed by atoms with Crippen molar-refractivity contribution in [2.75, 3.05) is 68.7 Å². The highest BCUT2D eigenvalue weighted by molar-refractivity contribution is 7.19. The van der Waals surface area contributed by atoms with Gasteiger partial charge in [0.2, 0.25) is 10.4 Å². The molecule has 2 aliphatic carbocycles. The van der Waals surface area contributed by atoms with Gasteiger partial charge in [-0.1, -0.05) is 18.3 Å². The van der Waals surface area contributed by atoms with Gasteiger partial charge in [-0.15, -0.1) is 10.2 Å². The van der Waals surface area contributed by atoms with Gasteiger partial charge in [0, 0.05) is 87.6 Å². The summed E-state index contributed by atoms with van der Waals surface area (Å²) >= 11 is 1.19. The zero-order valence-corrected chi connectivity index (χ0v) is 29.6. The van der Waals surface area contributed by atoms with Gasteiger partial charge in [0.1, 0.15) is 11.6 Å². The van der Waals surface area contributed by atoms with Crippen molar-refractivity contribution in [2.24, 2.45) is 0 Å². The van der Waals surface area contributed by atoms with E-state index in [1.165, 1.54) is 28.0 Å². The van der Waals surface area contributed by atoms with Crippen LogP contribution in [0.2, 0.25) is 0 Å². The van der Waals surface area contributed by atoms with Crippen LogP contribution in [0.3, 0.4) is 0 Å². The summed E-state index contributed by atoms with van der Waals surface area (Å²) in [4.78, 5) is 35.1. The molecule has 2 saturated carbocycles. The molecule has 4 aliphatic rings. The van der Waals surface area contributed by atoms with E-state index in [4.69, 9.17) is 5.10 Å². The van der Waals surface area contributed by atoms with Gasteiger partial charge in [-0.05, 0) is 56.5 Å². The van der Waals surface area contributed by atoms with Crippen LogP contribution in [0.4, 0.5) is 20.2 Å². The molecule has 268 valence electrons. The molecule has 0 spiro atoms. The Morgan fingerprint density at radius 3 is 1.88 bits per heavy atom. The van der Waals surface area contributed by atoms with Crippen molar-refractivity contribution in [3.63, 3.8) is 0 Å². The molecule has 4 fully saturated rings. The lowest BCUT2D eigenvalue weighted by Gasteiger charge is -2.35. The molecular formula is C37H38F2N10O2S. The number of hydrogen-bond acceptors (Lipinski definition) is 10. The van der Waals surface area contributed by atoms with Crippen molar-refractivity contribution in [3.8, 4) is 22.0 Å². The second-order valence-electron chi connectivity index (χ2n) is 14.4. The molecule has 12 nitrogen and oxygen atoms in total. The summed E-state index contributed by atoms with van der Waals surface area (Å²) in [5.74, 6) is -0.610. The van der Waals surface area contributed by atoms with Crippen molar-refractivity contribution >= 4 is 49.5 Å². The van der Waals surface area contributed by atoms with Gasteiger partial charge in [0.15, 0.2) is 16.3 Å². The SMILES string of the molecule is CCN1CCN(c2cc3c(cc2F)c(=O)c(-c2nn4c(-c5cn(C6CC6)c6cc(N7CCNCC7)c(F)cc6c5=O)nnc4s2)cn3C2CC2)CC1. The number of piperazine rings is 2. The summed E-state index contributed by atoms with van der Waals surface area (Å²) in [5, 5.41) is 17.8. The van der Waals surface area contributed by atoms with Crippen LogP contribution in [-0.2, 0) is 0 Å². The number of hydrogen-bond donors (Lipinski definition) is 1. The lowest BCUT2D eigenvalue weighted by atomic mass is 10.1. The Kier molecular flexibility index (Phi) is 7.48. The molecule has 6 heterocycles. The van der Waals surface area contributed by atoms with Crippen molar-refractivity contribution in [1.82, 2.24) is 39.2 Å². The first-order valence-electron chi connectivity index (χ1n) is 18.3. The quantitative estimate of drug-likeness (QED) is 0.252. The third kappa shape index (κ3) is 5.23. The molecule has 2 aromatic carbocycles. The normalized spacial score (nSPS) is 18.8. The predicted molar refractivity (Wildman–Crippen MR) is 199 cm³/mol. The van der Waals surface area contributed by atoms with Crippen LogP contribution in [0.5, 0.6) is 0 Å². The molecule has 1 N–H and O–H groups in total. The number of pyridine rings is 2. The van der Waals surface area contributed by atoms with Crippen molar-refractivity contribution in [1.29, 1.82) is 0 Å². The number of aromatic nitrogens is 6. The minimum absolute atomic E-state index is 0.193. The van der Waals surface area contributed by atoms with E-state index in [1.807, 2.05) is 23.2 Å². The number of anilines is 2. The Morgan fingerprint density at radius 2 is 1.31 bits per heavy atom. The van der Waals surface area contributed by atoms with Crippen LogP contribution in [-0.4, -0.2) is 92.7 Å². The molecule has 0 atom stereocenters. The minimum Gasteiger partial charge on any atom is -0.367 e. The van der Waals surface area contributed by atoms with Gasteiger partial charge in [0.25, 0.3) is 0 Å². The molecule has 0 radical (unpaired) electrons. The summed E-state index contributed by atoms with van der Waals surface area (Å²) < 4.78 is 37.1. The van der Waals surface area contributed by atoms with Gasteiger partial charge in [-0.25, -0.2) is 8.78 Å². The first-order chi connectivity index (χ1) is 25.4. The monoisotopic (exact) mass is 724 g/mol. The van der Waals surface area contributed by atoms with Gasteiger partial charge >= 0.3 is 0 Å². The Balaban J connectivity index is 1.07. The van der Waals surface area contributed by atoms with Gasteiger partial charge in [-0.2, -0.15) is 9.61 Å². The third-order valence-electron chi connectivity index (χ3n) is 11.2. The van der Waals surface area contributed by atoms with Crippen molar-refractivity contribution in [2.45, 2.75) is 44.7 Å². The number of likely N-dealkylation sites (N-methyl/N-ethyl adjacent to an activating group) is 1. The van der Waals surface area contributed by atoms with E-state index in [0.717, 1.165) is 77.0 Å². The molecular weight excluding hydrogens is 687 g/mol. The average molecular weight is 725 g/mol.